The molecule has 3 nitrogen and oxygen atoms in total. The Balaban J connectivity index is 1.80. The van der Waals surface area contributed by atoms with Crippen LogP contribution in [0.15, 0.2) is 16.8 Å². The molecule has 15 heavy (non-hydrogen) atoms. The Bertz CT molecular complexity index is 330. The van der Waals surface area contributed by atoms with Crippen molar-refractivity contribution in [2.24, 2.45) is 0 Å². The highest BCUT2D eigenvalue weighted by Crippen LogP contribution is 2.31. The molecule has 1 aliphatic carbocycles. The topological polar surface area (TPSA) is 49.3 Å². The molecule has 1 fully saturated rings. The highest BCUT2D eigenvalue weighted by molar-refractivity contribution is 7.07. The van der Waals surface area contributed by atoms with Crippen LogP contribution >= 0.6 is 11.3 Å². The lowest BCUT2D eigenvalue weighted by Gasteiger charge is -2.38. The van der Waals surface area contributed by atoms with Gasteiger partial charge < -0.3 is 10.4 Å². The summed E-state index contributed by atoms with van der Waals surface area (Å²) < 4.78 is 0. The van der Waals surface area contributed by atoms with Crippen molar-refractivity contribution in [2.45, 2.75) is 31.2 Å². The third-order valence-electron chi connectivity index (χ3n) is 3.07. The SMILES string of the molecule is O=C(O)C1(NCCc2ccsc2)CCC1. The standard InChI is InChI=1S/C11H15NO2S/c13-10(14)11(4-1-5-11)12-6-2-9-3-7-15-8-9/h3,7-8,12H,1-2,4-6H2,(H,13,14). The minimum atomic E-state index is -0.695. The fraction of sp³-hybridized carbons (Fsp3) is 0.545. The first-order valence-corrected chi connectivity index (χ1v) is 6.17. The molecule has 2 N–H and O–H groups in total. The van der Waals surface area contributed by atoms with Crippen molar-refractivity contribution in [3.63, 3.8) is 0 Å². The third-order valence-corrected chi connectivity index (χ3v) is 3.81. The van der Waals surface area contributed by atoms with Gasteiger partial charge in [-0.15, -0.1) is 0 Å². The van der Waals surface area contributed by atoms with Crippen LogP contribution in [0, 0.1) is 0 Å². The van der Waals surface area contributed by atoms with Crippen LogP contribution in [0.5, 0.6) is 0 Å². The van der Waals surface area contributed by atoms with Crippen molar-refractivity contribution in [3.8, 4) is 0 Å². The minimum Gasteiger partial charge on any atom is -0.480 e. The molecule has 0 radical (unpaired) electrons. The molecule has 1 aromatic heterocycles. The fourth-order valence-electron chi connectivity index (χ4n) is 1.88. The van der Waals surface area contributed by atoms with Crippen LogP contribution in [0.25, 0.3) is 0 Å². The van der Waals surface area contributed by atoms with Gasteiger partial charge in [0.1, 0.15) is 5.54 Å². The molecular weight excluding hydrogens is 210 g/mol. The second-order valence-corrected chi connectivity index (χ2v) is 4.83. The van der Waals surface area contributed by atoms with Gasteiger partial charge in [-0.1, -0.05) is 0 Å². The molecule has 0 aromatic carbocycles. The number of aliphatic carboxylic acids is 1. The van der Waals surface area contributed by atoms with E-state index in [0.717, 1.165) is 32.2 Å². The van der Waals surface area contributed by atoms with E-state index in [-0.39, 0.29) is 0 Å². The van der Waals surface area contributed by atoms with E-state index in [0.29, 0.717) is 0 Å². The minimum absolute atomic E-state index is 0.615. The number of hydrogen-bond donors (Lipinski definition) is 2. The molecule has 0 aliphatic heterocycles. The summed E-state index contributed by atoms with van der Waals surface area (Å²) in [7, 11) is 0. The summed E-state index contributed by atoms with van der Waals surface area (Å²) in [6.45, 7) is 0.753. The Morgan fingerprint density at radius 3 is 2.87 bits per heavy atom. The first kappa shape index (κ1) is 10.6. The molecule has 82 valence electrons. The van der Waals surface area contributed by atoms with Crippen LogP contribution in [-0.4, -0.2) is 23.2 Å². The third kappa shape index (κ3) is 2.21. The first-order valence-electron chi connectivity index (χ1n) is 5.22. The number of carboxylic acid groups (broad SMARTS) is 1. The van der Waals surface area contributed by atoms with E-state index in [2.05, 4.69) is 16.8 Å². The molecule has 0 unspecified atom stereocenters. The van der Waals surface area contributed by atoms with Crippen molar-refractivity contribution < 1.29 is 9.90 Å². The monoisotopic (exact) mass is 225 g/mol. The van der Waals surface area contributed by atoms with Crippen molar-refractivity contribution in [3.05, 3.63) is 22.4 Å². The predicted octanol–water partition coefficient (Wildman–Crippen LogP) is 1.89. The zero-order chi connectivity index (χ0) is 10.7. The number of rotatable bonds is 5. The summed E-state index contributed by atoms with van der Waals surface area (Å²) in [4.78, 5) is 11.0. The largest absolute Gasteiger partial charge is 0.480 e. The van der Waals surface area contributed by atoms with Crippen LogP contribution in [-0.2, 0) is 11.2 Å². The zero-order valence-corrected chi connectivity index (χ0v) is 9.35. The first-order chi connectivity index (χ1) is 7.23. The zero-order valence-electron chi connectivity index (χ0n) is 8.53. The smallest absolute Gasteiger partial charge is 0.323 e. The Morgan fingerprint density at radius 1 is 1.60 bits per heavy atom. The molecule has 1 aromatic rings. The van der Waals surface area contributed by atoms with Gasteiger partial charge >= 0.3 is 5.97 Å². The van der Waals surface area contributed by atoms with Gasteiger partial charge in [-0.2, -0.15) is 11.3 Å². The van der Waals surface area contributed by atoms with E-state index in [1.165, 1.54) is 5.56 Å². The molecule has 0 atom stereocenters. The van der Waals surface area contributed by atoms with Crippen LogP contribution in [0.3, 0.4) is 0 Å². The summed E-state index contributed by atoms with van der Waals surface area (Å²) in [6, 6.07) is 2.08. The van der Waals surface area contributed by atoms with Crippen molar-refractivity contribution >= 4 is 17.3 Å². The van der Waals surface area contributed by atoms with Gasteiger partial charge in [0.2, 0.25) is 0 Å². The number of thiophene rings is 1. The molecule has 0 spiro atoms. The highest BCUT2D eigenvalue weighted by Gasteiger charge is 2.43. The average Bonchev–Trinajstić information content (AvgIpc) is 2.61. The average molecular weight is 225 g/mol. The lowest BCUT2D eigenvalue weighted by atomic mass is 9.77. The summed E-state index contributed by atoms with van der Waals surface area (Å²) in [5, 5.41) is 16.4. The van der Waals surface area contributed by atoms with Crippen LogP contribution in [0.1, 0.15) is 24.8 Å². The number of carboxylic acids is 1. The van der Waals surface area contributed by atoms with Gasteiger partial charge in [-0.25, -0.2) is 0 Å². The number of carbonyl (C=O) groups is 1. The summed E-state index contributed by atoms with van der Waals surface area (Å²) >= 11 is 1.68. The molecule has 1 aliphatic rings. The van der Waals surface area contributed by atoms with Crippen LogP contribution < -0.4 is 5.32 Å². The molecular formula is C11H15NO2S. The molecule has 0 bridgehead atoms. The highest BCUT2D eigenvalue weighted by atomic mass is 32.1. The van der Waals surface area contributed by atoms with Gasteiger partial charge in [0.25, 0.3) is 0 Å². The maximum atomic E-state index is 11.0. The van der Waals surface area contributed by atoms with Crippen LogP contribution in [0.4, 0.5) is 0 Å². The van der Waals surface area contributed by atoms with Gasteiger partial charge in [0.15, 0.2) is 0 Å². The van der Waals surface area contributed by atoms with Gasteiger partial charge in [-0.3, -0.25) is 4.79 Å². The van der Waals surface area contributed by atoms with E-state index in [1.807, 2.05) is 5.38 Å². The lowest BCUT2D eigenvalue weighted by molar-refractivity contribution is -0.148. The number of hydrogen-bond acceptors (Lipinski definition) is 3. The Morgan fingerprint density at radius 2 is 2.40 bits per heavy atom. The van der Waals surface area contributed by atoms with E-state index < -0.39 is 11.5 Å². The van der Waals surface area contributed by atoms with E-state index in [4.69, 9.17) is 5.11 Å². The Kier molecular flexibility index (Phi) is 3.07. The summed E-state index contributed by atoms with van der Waals surface area (Å²) in [5.41, 5.74) is 0.670. The Labute approximate surface area is 93.1 Å². The Hall–Kier alpha value is -0.870. The maximum Gasteiger partial charge on any atom is 0.323 e. The lowest BCUT2D eigenvalue weighted by Crippen LogP contribution is -2.57. The summed E-state index contributed by atoms with van der Waals surface area (Å²) in [5.74, 6) is -0.695. The second-order valence-electron chi connectivity index (χ2n) is 4.05. The van der Waals surface area contributed by atoms with E-state index in [9.17, 15) is 4.79 Å². The number of nitrogens with one attached hydrogen (secondary N) is 1. The molecule has 0 saturated heterocycles. The maximum absolute atomic E-state index is 11.0. The van der Waals surface area contributed by atoms with Gasteiger partial charge in [-0.05, 0) is 48.1 Å². The fourth-order valence-corrected chi connectivity index (χ4v) is 2.58. The van der Waals surface area contributed by atoms with Crippen molar-refractivity contribution in [1.82, 2.24) is 5.32 Å². The predicted molar refractivity (Wildman–Crippen MR) is 60.2 cm³/mol. The molecule has 1 saturated carbocycles. The van der Waals surface area contributed by atoms with Gasteiger partial charge in [0, 0.05) is 6.54 Å². The van der Waals surface area contributed by atoms with Crippen LogP contribution in [0.2, 0.25) is 0 Å². The molecule has 1 heterocycles. The second kappa shape index (κ2) is 4.33. The van der Waals surface area contributed by atoms with Crippen molar-refractivity contribution in [2.75, 3.05) is 6.54 Å². The molecule has 4 heteroatoms. The quantitative estimate of drug-likeness (QED) is 0.804. The van der Waals surface area contributed by atoms with Crippen molar-refractivity contribution in [1.29, 1.82) is 0 Å². The molecule has 0 amide bonds. The summed E-state index contributed by atoms with van der Waals surface area (Å²) in [6.07, 6.45) is 3.48. The van der Waals surface area contributed by atoms with E-state index >= 15 is 0 Å². The van der Waals surface area contributed by atoms with Gasteiger partial charge in [0.05, 0.1) is 0 Å². The molecule has 2 rings (SSSR count). The van der Waals surface area contributed by atoms with E-state index in [1.54, 1.807) is 11.3 Å². The normalized spacial score (nSPS) is 18.4.